The lowest BCUT2D eigenvalue weighted by molar-refractivity contribution is 0.0752. The normalized spacial score (nSPS) is 14.7. The smallest absolute Gasteiger partial charge is 0.259 e. The van der Waals surface area contributed by atoms with Crippen LogP contribution in [0, 0.1) is 13.8 Å². The average Bonchev–Trinajstić information content (AvgIpc) is 3.42. The topological polar surface area (TPSA) is 76.5 Å². The van der Waals surface area contributed by atoms with E-state index in [1.807, 2.05) is 77.4 Å². The summed E-state index contributed by atoms with van der Waals surface area (Å²) < 4.78 is 22.5. The number of rotatable bonds is 7. The Morgan fingerprint density at radius 3 is 2.46 bits per heavy atom. The number of nitrogens with one attached hydrogen (secondary N) is 1. The second-order valence-electron chi connectivity index (χ2n) is 10.4. The van der Waals surface area contributed by atoms with Gasteiger partial charge in [0.2, 0.25) is 0 Å². The maximum atomic E-state index is 13.7. The van der Waals surface area contributed by atoms with Crippen molar-refractivity contribution in [2.75, 3.05) is 31.6 Å². The first-order chi connectivity index (χ1) is 19.9. The molecular weight excluding hydrogens is 532 g/mol. The van der Waals surface area contributed by atoms with Crippen LogP contribution in [0.15, 0.2) is 96.0 Å². The molecule has 41 heavy (non-hydrogen) atoms. The molecule has 1 aliphatic rings. The molecule has 0 spiro atoms. The van der Waals surface area contributed by atoms with Gasteiger partial charge in [-0.05, 0) is 53.9 Å². The molecule has 1 aliphatic heterocycles. The van der Waals surface area contributed by atoms with E-state index in [2.05, 4.69) is 35.6 Å². The molecule has 1 saturated heterocycles. The number of morpholine rings is 1. The molecule has 1 aromatic heterocycles. The van der Waals surface area contributed by atoms with E-state index >= 15 is 0 Å². The van der Waals surface area contributed by atoms with Gasteiger partial charge >= 0.3 is 0 Å². The molecule has 2 heterocycles. The highest BCUT2D eigenvalue weighted by Gasteiger charge is 2.22. The van der Waals surface area contributed by atoms with Gasteiger partial charge in [-0.15, -0.1) is 0 Å². The number of carbonyl (C=O) groups excluding carboxylic acids is 1. The Labute approximate surface area is 242 Å². The van der Waals surface area contributed by atoms with Gasteiger partial charge in [-0.3, -0.25) is 9.48 Å². The van der Waals surface area contributed by atoms with Crippen molar-refractivity contribution in [1.29, 1.82) is 0 Å². The Kier molecular flexibility index (Phi) is 7.78. The van der Waals surface area contributed by atoms with Crippen molar-refractivity contribution >= 4 is 33.4 Å². The minimum absolute atomic E-state index is 0.266. The third kappa shape index (κ3) is 6.00. The SMILES string of the molecule is Cc1ccc(-c2nn(Cc3ccc4ccccc4c3)cc2C(=O)Nc2ccc(C)c(S(=O)N3CCOCC3)c2)cc1. The van der Waals surface area contributed by atoms with E-state index < -0.39 is 11.0 Å². The van der Waals surface area contributed by atoms with E-state index in [0.717, 1.165) is 22.3 Å². The maximum Gasteiger partial charge on any atom is 0.259 e. The summed E-state index contributed by atoms with van der Waals surface area (Å²) in [6, 6.07) is 28.2. The minimum Gasteiger partial charge on any atom is -0.379 e. The fourth-order valence-electron chi connectivity index (χ4n) is 5.03. The first kappa shape index (κ1) is 27.1. The van der Waals surface area contributed by atoms with Gasteiger partial charge in [-0.1, -0.05) is 72.3 Å². The maximum absolute atomic E-state index is 13.7. The molecule has 6 rings (SSSR count). The van der Waals surface area contributed by atoms with Crippen LogP contribution in [0.2, 0.25) is 0 Å². The number of nitrogens with zero attached hydrogens (tertiary/aromatic N) is 3. The zero-order valence-electron chi connectivity index (χ0n) is 23.2. The summed E-state index contributed by atoms with van der Waals surface area (Å²) in [4.78, 5) is 14.4. The second kappa shape index (κ2) is 11.8. The molecule has 0 radical (unpaired) electrons. The molecule has 8 heteroatoms. The highest BCUT2D eigenvalue weighted by molar-refractivity contribution is 7.82. The van der Waals surface area contributed by atoms with Gasteiger partial charge in [-0.2, -0.15) is 5.10 Å². The van der Waals surface area contributed by atoms with Gasteiger partial charge in [-0.25, -0.2) is 8.51 Å². The van der Waals surface area contributed by atoms with E-state index in [4.69, 9.17) is 9.84 Å². The Hall–Kier alpha value is -4.11. The van der Waals surface area contributed by atoms with Crippen molar-refractivity contribution in [2.24, 2.45) is 0 Å². The highest BCUT2D eigenvalue weighted by atomic mass is 32.2. The molecule has 1 atom stereocenters. The van der Waals surface area contributed by atoms with Crippen LogP contribution >= 0.6 is 0 Å². The van der Waals surface area contributed by atoms with E-state index in [0.29, 0.717) is 54.7 Å². The summed E-state index contributed by atoms with van der Waals surface area (Å²) in [5.41, 5.74) is 5.71. The predicted molar refractivity (Wildman–Crippen MR) is 163 cm³/mol. The number of hydrogen-bond acceptors (Lipinski definition) is 4. The predicted octanol–water partition coefficient (Wildman–Crippen LogP) is 5.98. The molecule has 1 N–H and O–H groups in total. The van der Waals surface area contributed by atoms with Crippen molar-refractivity contribution < 1.29 is 13.7 Å². The summed E-state index contributed by atoms with van der Waals surface area (Å²) in [7, 11) is -1.33. The lowest BCUT2D eigenvalue weighted by Gasteiger charge is -2.26. The largest absolute Gasteiger partial charge is 0.379 e. The number of benzene rings is 4. The van der Waals surface area contributed by atoms with Crippen molar-refractivity contribution in [2.45, 2.75) is 25.3 Å². The van der Waals surface area contributed by atoms with Crippen molar-refractivity contribution in [3.63, 3.8) is 0 Å². The second-order valence-corrected chi connectivity index (χ2v) is 11.8. The van der Waals surface area contributed by atoms with Crippen LogP contribution in [-0.2, 0) is 22.3 Å². The molecule has 1 fully saturated rings. The van der Waals surface area contributed by atoms with E-state index in [9.17, 15) is 9.00 Å². The van der Waals surface area contributed by atoms with Crippen LogP contribution in [-0.4, -0.2) is 50.5 Å². The van der Waals surface area contributed by atoms with Crippen LogP contribution in [0.3, 0.4) is 0 Å². The molecule has 208 valence electrons. The number of ether oxygens (including phenoxy) is 1. The average molecular weight is 565 g/mol. The summed E-state index contributed by atoms with van der Waals surface area (Å²) in [5, 5.41) is 10.2. The lowest BCUT2D eigenvalue weighted by atomic mass is 10.1. The lowest BCUT2D eigenvalue weighted by Crippen LogP contribution is -2.37. The van der Waals surface area contributed by atoms with E-state index in [1.165, 1.54) is 10.8 Å². The number of fused-ring (bicyclic) bond motifs is 1. The molecule has 7 nitrogen and oxygen atoms in total. The van der Waals surface area contributed by atoms with Crippen molar-refractivity contribution in [3.05, 3.63) is 113 Å². The monoisotopic (exact) mass is 564 g/mol. The standard InChI is InChI=1S/C33H32N4O3S/c1-23-7-11-27(12-8-23)32-30(22-36(35-32)21-25-10-13-26-5-3-4-6-28(26)19-25)33(38)34-29-14-9-24(2)31(20-29)41(39)37-15-17-40-18-16-37/h3-14,19-20,22H,15-18,21H2,1-2H3,(H,34,38). The van der Waals surface area contributed by atoms with Crippen molar-refractivity contribution in [1.82, 2.24) is 14.1 Å². The molecular formula is C33H32N4O3S. The summed E-state index contributed by atoms with van der Waals surface area (Å²) >= 11 is 0. The van der Waals surface area contributed by atoms with Gasteiger partial charge in [0.1, 0.15) is 16.7 Å². The van der Waals surface area contributed by atoms with Gasteiger partial charge in [0, 0.05) is 30.5 Å². The highest BCUT2D eigenvalue weighted by Crippen LogP contribution is 2.26. The summed E-state index contributed by atoms with van der Waals surface area (Å²) in [6.45, 7) is 6.84. The van der Waals surface area contributed by atoms with Crippen LogP contribution in [0.5, 0.6) is 0 Å². The van der Waals surface area contributed by atoms with Gasteiger partial charge in [0.25, 0.3) is 5.91 Å². The number of aryl methyl sites for hydroxylation is 2. The minimum atomic E-state index is -1.33. The fourth-order valence-corrected chi connectivity index (χ4v) is 6.36. The molecule has 5 aromatic rings. The molecule has 0 bridgehead atoms. The van der Waals surface area contributed by atoms with Crippen LogP contribution in [0.4, 0.5) is 5.69 Å². The van der Waals surface area contributed by atoms with Crippen LogP contribution in [0.25, 0.3) is 22.0 Å². The van der Waals surface area contributed by atoms with Gasteiger partial charge < -0.3 is 10.1 Å². The van der Waals surface area contributed by atoms with Crippen LogP contribution < -0.4 is 5.32 Å². The third-order valence-electron chi connectivity index (χ3n) is 7.33. The first-order valence-electron chi connectivity index (χ1n) is 13.7. The number of hydrogen-bond donors (Lipinski definition) is 1. The Balaban J connectivity index is 1.30. The molecule has 1 unspecified atom stereocenters. The Morgan fingerprint density at radius 2 is 1.68 bits per heavy atom. The zero-order chi connectivity index (χ0) is 28.3. The van der Waals surface area contributed by atoms with Gasteiger partial charge in [0.05, 0.1) is 30.2 Å². The molecule has 0 aliphatic carbocycles. The quantitative estimate of drug-likeness (QED) is 0.264. The van der Waals surface area contributed by atoms with E-state index in [1.54, 1.807) is 6.20 Å². The number of anilines is 1. The number of aromatic nitrogens is 2. The Bertz CT molecular complexity index is 1740. The first-order valence-corrected chi connectivity index (χ1v) is 14.8. The molecule has 4 aromatic carbocycles. The Morgan fingerprint density at radius 1 is 0.927 bits per heavy atom. The number of amides is 1. The summed E-state index contributed by atoms with van der Waals surface area (Å²) in [5.74, 6) is -0.266. The summed E-state index contributed by atoms with van der Waals surface area (Å²) in [6.07, 6.45) is 1.81. The third-order valence-corrected chi connectivity index (χ3v) is 8.98. The van der Waals surface area contributed by atoms with Crippen molar-refractivity contribution in [3.8, 4) is 11.3 Å². The van der Waals surface area contributed by atoms with Crippen LogP contribution in [0.1, 0.15) is 27.0 Å². The van der Waals surface area contributed by atoms with E-state index in [-0.39, 0.29) is 5.91 Å². The molecule has 1 amide bonds. The molecule has 0 saturated carbocycles. The zero-order valence-corrected chi connectivity index (χ0v) is 24.0. The fraction of sp³-hybridized carbons (Fsp3) is 0.212. The van der Waals surface area contributed by atoms with Gasteiger partial charge in [0.15, 0.2) is 0 Å². The number of carbonyl (C=O) groups is 1.